The molecule has 40 heavy (non-hydrogen) atoms. The molecular formula is C31H38N2O7. The standard InChI is InChI=1S/C31H38N2O7/c1-29-11-7-21(34)15-20(29)3-4-22-23-8-12-31(39,30(23,2)16-24(35)28(22)29)25(36)18-40-27(38)6-5-26(37)33-17-19-9-13-32-14-10-19/h9-10,13-15,22-23,28,39H,3-8,11-12,16-18H2,1-2H3,(H,33,37)/t22-,23+,28-,29+,30-,31+/m1/s1. The second-order valence-corrected chi connectivity index (χ2v) is 12.5. The van der Waals surface area contributed by atoms with Crippen molar-refractivity contribution >= 4 is 29.2 Å². The number of pyridine rings is 1. The quantitative estimate of drug-likeness (QED) is 0.471. The molecule has 6 atom stereocenters. The molecule has 1 amide bonds. The number of ketones is 3. The lowest BCUT2D eigenvalue weighted by Gasteiger charge is -2.57. The van der Waals surface area contributed by atoms with E-state index in [2.05, 4.69) is 17.2 Å². The van der Waals surface area contributed by atoms with Crippen molar-refractivity contribution < 1.29 is 33.8 Å². The van der Waals surface area contributed by atoms with Gasteiger partial charge in [-0.15, -0.1) is 0 Å². The van der Waals surface area contributed by atoms with Gasteiger partial charge in [-0.1, -0.05) is 19.4 Å². The fourth-order valence-electron chi connectivity index (χ4n) is 8.19. The van der Waals surface area contributed by atoms with Crippen molar-refractivity contribution in [2.75, 3.05) is 6.61 Å². The molecule has 5 rings (SSSR count). The van der Waals surface area contributed by atoms with E-state index in [9.17, 15) is 29.1 Å². The molecule has 9 heteroatoms. The van der Waals surface area contributed by atoms with Crippen LogP contribution in [0.5, 0.6) is 0 Å². The topological polar surface area (TPSA) is 140 Å². The van der Waals surface area contributed by atoms with Gasteiger partial charge in [-0.25, -0.2) is 0 Å². The van der Waals surface area contributed by atoms with Gasteiger partial charge >= 0.3 is 5.97 Å². The summed E-state index contributed by atoms with van der Waals surface area (Å²) >= 11 is 0. The fourth-order valence-corrected chi connectivity index (χ4v) is 8.19. The largest absolute Gasteiger partial charge is 0.458 e. The van der Waals surface area contributed by atoms with E-state index < -0.39 is 29.4 Å². The molecule has 3 fully saturated rings. The first-order chi connectivity index (χ1) is 19.0. The Bertz CT molecular complexity index is 1260. The van der Waals surface area contributed by atoms with E-state index >= 15 is 0 Å². The third-order valence-corrected chi connectivity index (χ3v) is 10.4. The van der Waals surface area contributed by atoms with Crippen LogP contribution in [0.4, 0.5) is 0 Å². The molecule has 4 aliphatic carbocycles. The molecule has 0 unspecified atom stereocenters. The minimum absolute atomic E-state index is 0.0139. The lowest BCUT2D eigenvalue weighted by molar-refractivity contribution is -0.173. The molecule has 3 saturated carbocycles. The van der Waals surface area contributed by atoms with Crippen molar-refractivity contribution in [2.45, 2.75) is 83.8 Å². The van der Waals surface area contributed by atoms with E-state index in [4.69, 9.17) is 4.74 Å². The van der Waals surface area contributed by atoms with Crippen LogP contribution in [-0.4, -0.2) is 51.5 Å². The number of hydrogen-bond acceptors (Lipinski definition) is 8. The Labute approximate surface area is 234 Å². The Morgan fingerprint density at radius 1 is 1.07 bits per heavy atom. The molecule has 214 valence electrons. The minimum atomic E-state index is -1.76. The molecule has 0 aliphatic heterocycles. The van der Waals surface area contributed by atoms with Gasteiger partial charge in [-0.3, -0.25) is 29.0 Å². The van der Waals surface area contributed by atoms with Crippen LogP contribution >= 0.6 is 0 Å². The van der Waals surface area contributed by atoms with Crippen LogP contribution in [0.2, 0.25) is 0 Å². The van der Waals surface area contributed by atoms with E-state index in [1.54, 1.807) is 30.6 Å². The first kappa shape index (κ1) is 28.3. The molecule has 0 saturated heterocycles. The Kier molecular flexibility index (Phi) is 7.54. The van der Waals surface area contributed by atoms with Crippen molar-refractivity contribution in [3.05, 3.63) is 41.7 Å². The normalized spacial score (nSPS) is 34.7. The Balaban J connectivity index is 1.18. The average Bonchev–Trinajstić information content (AvgIpc) is 3.20. The third kappa shape index (κ3) is 4.82. The summed E-state index contributed by atoms with van der Waals surface area (Å²) < 4.78 is 5.19. The zero-order valence-electron chi connectivity index (χ0n) is 23.2. The highest BCUT2D eigenvalue weighted by Crippen LogP contribution is 2.66. The Hall–Kier alpha value is -3.20. The van der Waals surface area contributed by atoms with Crippen molar-refractivity contribution in [1.29, 1.82) is 0 Å². The number of amides is 1. The van der Waals surface area contributed by atoms with Crippen molar-refractivity contribution in [3.8, 4) is 0 Å². The van der Waals surface area contributed by atoms with Crippen LogP contribution in [0.3, 0.4) is 0 Å². The second kappa shape index (κ2) is 10.7. The van der Waals surface area contributed by atoms with Gasteiger partial charge in [-0.05, 0) is 73.1 Å². The van der Waals surface area contributed by atoms with Crippen LogP contribution < -0.4 is 5.32 Å². The number of carbonyl (C=O) groups excluding carboxylic acids is 5. The van der Waals surface area contributed by atoms with Gasteiger partial charge in [0.1, 0.15) is 11.4 Å². The predicted octanol–water partition coefficient (Wildman–Crippen LogP) is 3.03. The van der Waals surface area contributed by atoms with Gasteiger partial charge in [0.05, 0.1) is 6.42 Å². The number of nitrogens with zero attached hydrogens (tertiary/aromatic N) is 1. The number of rotatable bonds is 8. The molecular weight excluding hydrogens is 512 g/mol. The smallest absolute Gasteiger partial charge is 0.306 e. The highest BCUT2D eigenvalue weighted by molar-refractivity contribution is 5.95. The van der Waals surface area contributed by atoms with Crippen LogP contribution in [0.1, 0.15) is 77.2 Å². The molecule has 9 nitrogen and oxygen atoms in total. The Morgan fingerprint density at radius 2 is 1.82 bits per heavy atom. The molecule has 0 aromatic carbocycles. The number of allylic oxidation sites excluding steroid dienone is 1. The summed E-state index contributed by atoms with van der Waals surface area (Å²) in [5.41, 5.74) is -1.10. The maximum atomic E-state index is 13.7. The van der Waals surface area contributed by atoms with Crippen LogP contribution in [0.15, 0.2) is 36.2 Å². The number of aliphatic hydroxyl groups is 1. The van der Waals surface area contributed by atoms with Gasteiger partial charge in [0.2, 0.25) is 11.7 Å². The molecule has 0 bridgehead atoms. The number of fused-ring (bicyclic) bond motifs is 5. The second-order valence-electron chi connectivity index (χ2n) is 12.5. The monoisotopic (exact) mass is 550 g/mol. The van der Waals surface area contributed by atoms with Gasteiger partial charge in [-0.2, -0.15) is 0 Å². The van der Waals surface area contributed by atoms with E-state index in [1.807, 2.05) is 6.92 Å². The maximum absolute atomic E-state index is 13.7. The predicted molar refractivity (Wildman–Crippen MR) is 143 cm³/mol. The molecule has 1 heterocycles. The van der Waals surface area contributed by atoms with E-state index in [0.29, 0.717) is 25.8 Å². The molecule has 4 aliphatic rings. The third-order valence-electron chi connectivity index (χ3n) is 10.4. The number of nitrogens with one attached hydrogen (secondary N) is 1. The van der Waals surface area contributed by atoms with Crippen molar-refractivity contribution in [1.82, 2.24) is 10.3 Å². The summed E-state index contributed by atoms with van der Waals surface area (Å²) in [5, 5.41) is 14.5. The number of hydrogen-bond donors (Lipinski definition) is 2. The first-order valence-corrected chi connectivity index (χ1v) is 14.3. The summed E-state index contributed by atoms with van der Waals surface area (Å²) in [6.07, 6.45) is 8.26. The lowest BCUT2D eigenvalue weighted by atomic mass is 9.46. The SMILES string of the molecule is C[C@]12CCC(=O)C=C1CC[C@H]1[C@@H]2C(=O)C[C@]2(C)[C@H]1CC[C@]2(O)C(=O)COC(=O)CCC(=O)NCc1ccncc1. The fraction of sp³-hybridized carbons (Fsp3) is 0.613. The summed E-state index contributed by atoms with van der Waals surface area (Å²) in [4.78, 5) is 67.5. The van der Waals surface area contributed by atoms with E-state index in [1.165, 1.54) is 0 Å². The Morgan fingerprint density at radius 3 is 2.58 bits per heavy atom. The number of aromatic nitrogens is 1. The highest BCUT2D eigenvalue weighted by Gasteiger charge is 2.68. The molecule has 1 aromatic rings. The van der Waals surface area contributed by atoms with Gasteiger partial charge in [0.25, 0.3) is 0 Å². The number of carbonyl (C=O) groups is 5. The van der Waals surface area contributed by atoms with E-state index in [-0.39, 0.29) is 66.3 Å². The molecule has 2 N–H and O–H groups in total. The van der Waals surface area contributed by atoms with E-state index in [0.717, 1.165) is 24.0 Å². The maximum Gasteiger partial charge on any atom is 0.306 e. The minimum Gasteiger partial charge on any atom is -0.458 e. The van der Waals surface area contributed by atoms with Crippen LogP contribution in [0, 0.1) is 28.6 Å². The lowest BCUT2D eigenvalue weighted by Crippen LogP contribution is -2.61. The van der Waals surface area contributed by atoms with Crippen molar-refractivity contribution in [3.63, 3.8) is 0 Å². The average molecular weight is 551 g/mol. The van der Waals surface area contributed by atoms with Crippen LogP contribution in [-0.2, 0) is 35.3 Å². The molecule has 0 radical (unpaired) electrons. The summed E-state index contributed by atoms with van der Waals surface area (Å²) in [7, 11) is 0. The zero-order chi connectivity index (χ0) is 28.7. The summed E-state index contributed by atoms with van der Waals surface area (Å²) in [6.45, 7) is 3.67. The van der Waals surface area contributed by atoms with Gasteiger partial charge in [0.15, 0.2) is 12.4 Å². The number of ether oxygens (including phenoxy) is 1. The highest BCUT2D eigenvalue weighted by atomic mass is 16.5. The molecule has 1 aromatic heterocycles. The molecule has 0 spiro atoms. The number of esters is 1. The van der Waals surface area contributed by atoms with Crippen molar-refractivity contribution in [2.24, 2.45) is 28.6 Å². The van der Waals surface area contributed by atoms with Crippen LogP contribution in [0.25, 0.3) is 0 Å². The van der Waals surface area contributed by atoms with Gasteiger partial charge < -0.3 is 15.2 Å². The van der Waals surface area contributed by atoms with Gasteiger partial charge in [0, 0.05) is 49.5 Å². The zero-order valence-corrected chi connectivity index (χ0v) is 23.2. The summed E-state index contributed by atoms with van der Waals surface area (Å²) in [5.74, 6) is -1.61. The summed E-state index contributed by atoms with van der Waals surface area (Å²) in [6, 6.07) is 3.56. The first-order valence-electron chi connectivity index (χ1n) is 14.3. The number of Topliss-reactive ketones (excluding diaryl/α,β-unsaturated/α-hetero) is 2.